The Labute approximate surface area is 174 Å². The van der Waals surface area contributed by atoms with Gasteiger partial charge >= 0.3 is 0 Å². The van der Waals surface area contributed by atoms with Crippen molar-refractivity contribution in [2.24, 2.45) is 0 Å². The SMILES string of the molecule is CCOc1ccccc1-n1nnnc1SC(C)C(=O)NCC(C)c1ccccc1. The number of aromatic nitrogens is 4. The highest BCUT2D eigenvalue weighted by Gasteiger charge is 2.21. The van der Waals surface area contributed by atoms with Gasteiger partial charge in [0.05, 0.1) is 11.9 Å². The van der Waals surface area contributed by atoms with E-state index in [2.05, 4.69) is 39.9 Å². The Kier molecular flexibility index (Phi) is 7.24. The maximum absolute atomic E-state index is 12.6. The zero-order valence-corrected chi connectivity index (χ0v) is 17.6. The van der Waals surface area contributed by atoms with Crippen LogP contribution in [0.25, 0.3) is 5.69 Å². The molecule has 1 heterocycles. The van der Waals surface area contributed by atoms with E-state index in [0.29, 0.717) is 24.1 Å². The average molecular weight is 412 g/mol. The van der Waals surface area contributed by atoms with E-state index in [-0.39, 0.29) is 17.1 Å². The van der Waals surface area contributed by atoms with Crippen LogP contribution in [-0.2, 0) is 4.79 Å². The van der Waals surface area contributed by atoms with Crippen LogP contribution in [0, 0.1) is 0 Å². The summed E-state index contributed by atoms with van der Waals surface area (Å²) in [5, 5.41) is 15.2. The number of carbonyl (C=O) groups excluding carboxylic acids is 1. The van der Waals surface area contributed by atoms with Gasteiger partial charge in [0.25, 0.3) is 0 Å². The van der Waals surface area contributed by atoms with Crippen LogP contribution >= 0.6 is 11.8 Å². The van der Waals surface area contributed by atoms with E-state index < -0.39 is 0 Å². The third-order valence-corrected chi connectivity index (χ3v) is 5.47. The molecule has 2 aromatic carbocycles. The number of para-hydroxylation sites is 2. The number of benzene rings is 2. The van der Waals surface area contributed by atoms with Crippen molar-refractivity contribution >= 4 is 17.7 Å². The number of amides is 1. The summed E-state index contributed by atoms with van der Waals surface area (Å²) in [7, 11) is 0. The number of carbonyl (C=O) groups is 1. The first-order valence-electron chi connectivity index (χ1n) is 9.60. The summed E-state index contributed by atoms with van der Waals surface area (Å²) < 4.78 is 7.27. The number of thioether (sulfide) groups is 1. The Bertz CT molecular complexity index is 932. The largest absolute Gasteiger partial charge is 0.492 e. The molecule has 0 aliphatic rings. The van der Waals surface area contributed by atoms with Crippen molar-refractivity contribution in [3.8, 4) is 11.4 Å². The third kappa shape index (κ3) is 5.35. The first kappa shape index (κ1) is 20.9. The molecule has 0 aliphatic heterocycles. The highest BCUT2D eigenvalue weighted by atomic mass is 32.2. The predicted molar refractivity (Wildman–Crippen MR) is 114 cm³/mol. The Morgan fingerprint density at radius 2 is 1.86 bits per heavy atom. The van der Waals surface area contributed by atoms with Crippen LogP contribution < -0.4 is 10.1 Å². The number of tetrazole rings is 1. The third-order valence-electron chi connectivity index (χ3n) is 4.44. The van der Waals surface area contributed by atoms with Crippen LogP contribution in [0.3, 0.4) is 0 Å². The fourth-order valence-electron chi connectivity index (χ4n) is 2.82. The van der Waals surface area contributed by atoms with Crippen molar-refractivity contribution in [3.05, 3.63) is 60.2 Å². The molecule has 0 saturated carbocycles. The lowest BCUT2D eigenvalue weighted by molar-refractivity contribution is -0.120. The molecule has 0 aliphatic carbocycles. The minimum atomic E-state index is -0.345. The van der Waals surface area contributed by atoms with Crippen molar-refractivity contribution in [1.82, 2.24) is 25.5 Å². The van der Waals surface area contributed by atoms with E-state index in [1.165, 1.54) is 17.3 Å². The maximum Gasteiger partial charge on any atom is 0.233 e. The minimum Gasteiger partial charge on any atom is -0.492 e. The van der Waals surface area contributed by atoms with E-state index >= 15 is 0 Å². The molecule has 0 fully saturated rings. The van der Waals surface area contributed by atoms with Gasteiger partial charge in [-0.05, 0) is 47.9 Å². The monoisotopic (exact) mass is 411 g/mol. The molecule has 29 heavy (non-hydrogen) atoms. The van der Waals surface area contributed by atoms with Crippen LogP contribution in [0.2, 0.25) is 0 Å². The van der Waals surface area contributed by atoms with Gasteiger partial charge in [0, 0.05) is 6.54 Å². The summed E-state index contributed by atoms with van der Waals surface area (Å²) >= 11 is 1.31. The van der Waals surface area contributed by atoms with Crippen molar-refractivity contribution < 1.29 is 9.53 Å². The molecule has 0 saturated heterocycles. The Morgan fingerprint density at radius 3 is 2.62 bits per heavy atom. The van der Waals surface area contributed by atoms with E-state index in [9.17, 15) is 4.79 Å². The fourth-order valence-corrected chi connectivity index (χ4v) is 3.65. The summed E-state index contributed by atoms with van der Waals surface area (Å²) in [5.41, 5.74) is 1.94. The number of hydrogen-bond acceptors (Lipinski definition) is 6. The van der Waals surface area contributed by atoms with Crippen LogP contribution in [0.5, 0.6) is 5.75 Å². The van der Waals surface area contributed by atoms with Crippen molar-refractivity contribution in [3.63, 3.8) is 0 Å². The molecule has 7 nitrogen and oxygen atoms in total. The van der Waals surface area contributed by atoms with Gasteiger partial charge in [-0.3, -0.25) is 4.79 Å². The second-order valence-electron chi connectivity index (χ2n) is 6.59. The Morgan fingerprint density at radius 1 is 1.14 bits per heavy atom. The summed E-state index contributed by atoms with van der Waals surface area (Å²) in [4.78, 5) is 12.6. The second-order valence-corrected chi connectivity index (χ2v) is 7.90. The summed E-state index contributed by atoms with van der Waals surface area (Å²) in [6.45, 7) is 6.99. The molecule has 8 heteroatoms. The quantitative estimate of drug-likeness (QED) is 0.543. The molecule has 2 atom stereocenters. The lowest BCUT2D eigenvalue weighted by Gasteiger charge is -2.16. The number of nitrogens with zero attached hydrogens (tertiary/aromatic N) is 4. The zero-order valence-electron chi connectivity index (χ0n) is 16.8. The highest BCUT2D eigenvalue weighted by molar-refractivity contribution is 8.00. The molecule has 3 aromatic rings. The molecule has 0 spiro atoms. The van der Waals surface area contributed by atoms with Gasteiger partial charge in [0.2, 0.25) is 11.1 Å². The minimum absolute atomic E-state index is 0.0505. The van der Waals surface area contributed by atoms with Crippen LogP contribution in [0.15, 0.2) is 59.8 Å². The average Bonchev–Trinajstić information content (AvgIpc) is 3.20. The van der Waals surface area contributed by atoms with Crippen molar-refractivity contribution in [1.29, 1.82) is 0 Å². The van der Waals surface area contributed by atoms with Gasteiger partial charge in [-0.2, -0.15) is 4.68 Å². The zero-order chi connectivity index (χ0) is 20.6. The van der Waals surface area contributed by atoms with Gasteiger partial charge in [-0.25, -0.2) is 0 Å². The fraction of sp³-hybridized carbons (Fsp3) is 0.333. The molecule has 0 bridgehead atoms. The number of rotatable bonds is 9. The second kappa shape index (κ2) is 10.1. The Balaban J connectivity index is 1.64. The lowest BCUT2D eigenvalue weighted by atomic mass is 10.0. The molecule has 152 valence electrons. The van der Waals surface area contributed by atoms with Gasteiger partial charge in [0.15, 0.2) is 0 Å². The van der Waals surface area contributed by atoms with Gasteiger partial charge < -0.3 is 10.1 Å². The molecule has 2 unspecified atom stereocenters. The number of ether oxygens (including phenoxy) is 1. The molecule has 3 rings (SSSR count). The smallest absolute Gasteiger partial charge is 0.233 e. The van der Waals surface area contributed by atoms with Gasteiger partial charge in [0.1, 0.15) is 11.4 Å². The highest BCUT2D eigenvalue weighted by Crippen LogP contribution is 2.28. The topological polar surface area (TPSA) is 81.9 Å². The van der Waals surface area contributed by atoms with Crippen molar-refractivity contribution in [2.45, 2.75) is 37.1 Å². The molecule has 1 aromatic heterocycles. The molecular formula is C21H25N5O2S. The van der Waals surface area contributed by atoms with Gasteiger partial charge in [-0.1, -0.05) is 61.2 Å². The standard InChI is InChI=1S/C21H25N5O2S/c1-4-28-19-13-9-8-12-18(19)26-21(23-24-25-26)29-16(3)20(27)22-14-15(2)17-10-6-5-7-11-17/h5-13,15-16H,4,14H2,1-3H3,(H,22,27). The summed E-state index contributed by atoms with van der Waals surface area (Å²) in [5.74, 6) is 0.879. The van der Waals surface area contributed by atoms with Crippen LogP contribution in [0.1, 0.15) is 32.3 Å². The van der Waals surface area contributed by atoms with E-state index in [0.717, 1.165) is 5.69 Å². The molecule has 1 N–H and O–H groups in total. The molecule has 1 amide bonds. The molecular weight excluding hydrogens is 386 g/mol. The normalized spacial score (nSPS) is 12.9. The molecule has 0 radical (unpaired) electrons. The predicted octanol–water partition coefficient (Wildman–Crippen LogP) is 3.46. The van der Waals surface area contributed by atoms with E-state index in [4.69, 9.17) is 4.74 Å². The van der Waals surface area contributed by atoms with Crippen LogP contribution in [-0.4, -0.2) is 44.5 Å². The van der Waals surface area contributed by atoms with Crippen molar-refractivity contribution in [2.75, 3.05) is 13.2 Å². The van der Waals surface area contributed by atoms with E-state index in [1.54, 1.807) is 4.68 Å². The van der Waals surface area contributed by atoms with Gasteiger partial charge in [-0.15, -0.1) is 5.10 Å². The maximum atomic E-state index is 12.6. The lowest BCUT2D eigenvalue weighted by Crippen LogP contribution is -2.33. The summed E-state index contributed by atoms with van der Waals surface area (Å²) in [6, 6.07) is 17.7. The summed E-state index contributed by atoms with van der Waals surface area (Å²) in [6.07, 6.45) is 0. The van der Waals surface area contributed by atoms with Crippen LogP contribution in [0.4, 0.5) is 0 Å². The first-order chi connectivity index (χ1) is 14.1. The first-order valence-corrected chi connectivity index (χ1v) is 10.5. The Hall–Kier alpha value is -2.87. The number of hydrogen-bond donors (Lipinski definition) is 1. The number of nitrogens with one attached hydrogen (secondary N) is 1. The van der Waals surface area contributed by atoms with E-state index in [1.807, 2.05) is 56.3 Å².